The first-order valence-electron chi connectivity index (χ1n) is 5.24. The van der Waals surface area contributed by atoms with Gasteiger partial charge in [-0.1, -0.05) is 6.07 Å². The van der Waals surface area contributed by atoms with Crippen molar-refractivity contribution in [2.45, 2.75) is 25.4 Å². The quantitative estimate of drug-likeness (QED) is 0.751. The standard InChI is InChI=1S/C11H17N3/c1-9(11-4-2-3-6-13-11)14-10-5-7-12-8-10/h2-4,6,9-10,12,14H,5,7-8H2,1H3/t9-,10+/m0/s1. The molecule has 1 aliphatic heterocycles. The summed E-state index contributed by atoms with van der Waals surface area (Å²) in [4.78, 5) is 4.34. The fraction of sp³-hybridized carbons (Fsp3) is 0.545. The van der Waals surface area contributed by atoms with Gasteiger partial charge in [-0.3, -0.25) is 4.98 Å². The molecule has 0 spiro atoms. The summed E-state index contributed by atoms with van der Waals surface area (Å²) < 4.78 is 0. The fourth-order valence-corrected chi connectivity index (χ4v) is 1.87. The Labute approximate surface area is 84.9 Å². The highest BCUT2D eigenvalue weighted by molar-refractivity contribution is 5.08. The van der Waals surface area contributed by atoms with Crippen molar-refractivity contribution < 1.29 is 0 Å². The summed E-state index contributed by atoms with van der Waals surface area (Å²) in [6, 6.07) is 7.01. The van der Waals surface area contributed by atoms with Crippen LogP contribution in [-0.2, 0) is 0 Å². The van der Waals surface area contributed by atoms with E-state index in [0.29, 0.717) is 12.1 Å². The van der Waals surface area contributed by atoms with E-state index in [-0.39, 0.29) is 0 Å². The molecule has 0 aliphatic carbocycles. The second-order valence-electron chi connectivity index (χ2n) is 3.83. The molecular formula is C11H17N3. The minimum Gasteiger partial charge on any atom is -0.315 e. The van der Waals surface area contributed by atoms with Crippen LogP contribution in [0.5, 0.6) is 0 Å². The van der Waals surface area contributed by atoms with Crippen LogP contribution >= 0.6 is 0 Å². The van der Waals surface area contributed by atoms with Crippen LogP contribution in [0.25, 0.3) is 0 Å². The minimum absolute atomic E-state index is 0.348. The Balaban J connectivity index is 1.92. The van der Waals surface area contributed by atoms with Gasteiger partial charge in [0.1, 0.15) is 0 Å². The zero-order chi connectivity index (χ0) is 9.80. The zero-order valence-electron chi connectivity index (χ0n) is 8.53. The number of rotatable bonds is 3. The topological polar surface area (TPSA) is 37.0 Å². The maximum atomic E-state index is 4.34. The molecule has 2 rings (SSSR count). The molecule has 0 aromatic carbocycles. The Kier molecular flexibility index (Phi) is 3.11. The molecule has 1 saturated heterocycles. The lowest BCUT2D eigenvalue weighted by molar-refractivity contribution is 0.471. The second kappa shape index (κ2) is 4.53. The number of nitrogens with zero attached hydrogens (tertiary/aromatic N) is 1. The Morgan fingerprint density at radius 1 is 1.57 bits per heavy atom. The maximum absolute atomic E-state index is 4.34. The highest BCUT2D eigenvalue weighted by atomic mass is 15.0. The largest absolute Gasteiger partial charge is 0.315 e. The lowest BCUT2D eigenvalue weighted by atomic mass is 10.1. The number of pyridine rings is 1. The van der Waals surface area contributed by atoms with E-state index in [0.717, 1.165) is 18.8 Å². The molecular weight excluding hydrogens is 174 g/mol. The maximum Gasteiger partial charge on any atom is 0.0570 e. The van der Waals surface area contributed by atoms with E-state index < -0.39 is 0 Å². The number of nitrogens with one attached hydrogen (secondary N) is 2. The van der Waals surface area contributed by atoms with Gasteiger partial charge in [0.25, 0.3) is 0 Å². The van der Waals surface area contributed by atoms with Crippen molar-refractivity contribution >= 4 is 0 Å². The van der Waals surface area contributed by atoms with Gasteiger partial charge in [0.05, 0.1) is 5.69 Å². The summed E-state index contributed by atoms with van der Waals surface area (Å²) in [5, 5.41) is 6.92. The third kappa shape index (κ3) is 2.30. The van der Waals surface area contributed by atoms with Crippen LogP contribution in [0.4, 0.5) is 0 Å². The average Bonchev–Trinajstić information content (AvgIpc) is 2.72. The Bertz CT molecular complexity index is 267. The van der Waals surface area contributed by atoms with Crippen LogP contribution in [0.2, 0.25) is 0 Å². The molecule has 0 saturated carbocycles. The Morgan fingerprint density at radius 2 is 2.50 bits per heavy atom. The molecule has 1 fully saturated rings. The van der Waals surface area contributed by atoms with Crippen LogP contribution < -0.4 is 10.6 Å². The van der Waals surface area contributed by atoms with Crippen molar-refractivity contribution in [2.24, 2.45) is 0 Å². The van der Waals surface area contributed by atoms with Crippen LogP contribution in [0.1, 0.15) is 25.1 Å². The molecule has 0 bridgehead atoms. The van der Waals surface area contributed by atoms with Crippen molar-refractivity contribution in [1.82, 2.24) is 15.6 Å². The molecule has 76 valence electrons. The predicted octanol–water partition coefficient (Wildman–Crippen LogP) is 1.09. The van der Waals surface area contributed by atoms with Gasteiger partial charge in [0.2, 0.25) is 0 Å². The minimum atomic E-state index is 0.348. The lowest BCUT2D eigenvalue weighted by Gasteiger charge is -2.17. The Hall–Kier alpha value is -0.930. The van der Waals surface area contributed by atoms with Crippen molar-refractivity contribution in [3.05, 3.63) is 30.1 Å². The van der Waals surface area contributed by atoms with E-state index in [2.05, 4.69) is 28.6 Å². The first-order valence-corrected chi connectivity index (χ1v) is 5.24. The molecule has 0 amide bonds. The highest BCUT2D eigenvalue weighted by Crippen LogP contribution is 2.10. The van der Waals surface area contributed by atoms with Gasteiger partial charge < -0.3 is 10.6 Å². The summed E-state index contributed by atoms with van der Waals surface area (Å²) in [5.74, 6) is 0. The molecule has 0 radical (unpaired) electrons. The fourth-order valence-electron chi connectivity index (χ4n) is 1.87. The van der Waals surface area contributed by atoms with Crippen LogP contribution in [0.3, 0.4) is 0 Å². The smallest absolute Gasteiger partial charge is 0.0570 e. The van der Waals surface area contributed by atoms with Gasteiger partial charge in [0.15, 0.2) is 0 Å². The van der Waals surface area contributed by atoms with Gasteiger partial charge in [-0.25, -0.2) is 0 Å². The van der Waals surface area contributed by atoms with Crippen LogP contribution in [0, 0.1) is 0 Å². The van der Waals surface area contributed by atoms with E-state index in [1.54, 1.807) is 0 Å². The van der Waals surface area contributed by atoms with Gasteiger partial charge in [-0.05, 0) is 32.0 Å². The van der Waals surface area contributed by atoms with Crippen LogP contribution in [0.15, 0.2) is 24.4 Å². The molecule has 3 heteroatoms. The van der Waals surface area contributed by atoms with Gasteiger partial charge in [0, 0.05) is 24.8 Å². The second-order valence-corrected chi connectivity index (χ2v) is 3.83. The monoisotopic (exact) mass is 191 g/mol. The zero-order valence-corrected chi connectivity index (χ0v) is 8.53. The van der Waals surface area contributed by atoms with Crippen molar-refractivity contribution in [3.63, 3.8) is 0 Å². The molecule has 14 heavy (non-hydrogen) atoms. The van der Waals surface area contributed by atoms with E-state index >= 15 is 0 Å². The first kappa shape index (κ1) is 9.62. The molecule has 3 nitrogen and oxygen atoms in total. The number of hydrogen-bond acceptors (Lipinski definition) is 3. The van der Waals surface area contributed by atoms with Crippen molar-refractivity contribution in [1.29, 1.82) is 0 Å². The van der Waals surface area contributed by atoms with Crippen molar-refractivity contribution in [2.75, 3.05) is 13.1 Å². The molecule has 2 atom stereocenters. The summed E-state index contributed by atoms with van der Waals surface area (Å²) >= 11 is 0. The molecule has 0 unspecified atom stereocenters. The summed E-state index contributed by atoms with van der Waals surface area (Å²) in [7, 11) is 0. The third-order valence-electron chi connectivity index (χ3n) is 2.68. The highest BCUT2D eigenvalue weighted by Gasteiger charge is 2.17. The number of aromatic nitrogens is 1. The van der Waals surface area contributed by atoms with Gasteiger partial charge in [-0.15, -0.1) is 0 Å². The molecule has 1 aromatic rings. The molecule has 2 heterocycles. The predicted molar refractivity (Wildman–Crippen MR) is 57.1 cm³/mol. The van der Waals surface area contributed by atoms with E-state index in [1.807, 2.05) is 18.3 Å². The summed E-state index contributed by atoms with van der Waals surface area (Å²) in [6.45, 7) is 4.38. The summed E-state index contributed by atoms with van der Waals surface area (Å²) in [6.07, 6.45) is 3.07. The molecule has 1 aliphatic rings. The lowest BCUT2D eigenvalue weighted by Crippen LogP contribution is -2.33. The molecule has 2 N–H and O–H groups in total. The first-order chi connectivity index (χ1) is 6.86. The SMILES string of the molecule is C[C@H](N[C@@H]1CCNC1)c1ccccn1. The van der Waals surface area contributed by atoms with Crippen molar-refractivity contribution in [3.8, 4) is 0 Å². The van der Waals surface area contributed by atoms with E-state index in [1.165, 1.54) is 6.42 Å². The van der Waals surface area contributed by atoms with Gasteiger partial charge in [-0.2, -0.15) is 0 Å². The number of hydrogen-bond donors (Lipinski definition) is 2. The third-order valence-corrected chi connectivity index (χ3v) is 2.68. The van der Waals surface area contributed by atoms with Crippen LogP contribution in [-0.4, -0.2) is 24.1 Å². The van der Waals surface area contributed by atoms with Gasteiger partial charge >= 0.3 is 0 Å². The van der Waals surface area contributed by atoms with E-state index in [4.69, 9.17) is 0 Å². The average molecular weight is 191 g/mol. The van der Waals surface area contributed by atoms with E-state index in [9.17, 15) is 0 Å². The summed E-state index contributed by atoms with van der Waals surface area (Å²) in [5.41, 5.74) is 1.12. The Morgan fingerprint density at radius 3 is 3.14 bits per heavy atom. The molecule has 1 aromatic heterocycles. The normalized spacial score (nSPS) is 23.6.